The van der Waals surface area contributed by atoms with Crippen LogP contribution in [0.3, 0.4) is 0 Å². The molecule has 0 fully saturated rings. The number of carbonyl (C=O) groups is 2. The van der Waals surface area contributed by atoms with Crippen LogP contribution in [0.5, 0.6) is 0 Å². The Hall–Kier alpha value is -1.91. The van der Waals surface area contributed by atoms with Crippen molar-refractivity contribution < 1.29 is 14.0 Å². The normalized spacial score (nSPS) is 12.1. The summed E-state index contributed by atoms with van der Waals surface area (Å²) < 4.78 is 12.7. The van der Waals surface area contributed by atoms with E-state index in [1.807, 2.05) is 20.8 Å². The van der Waals surface area contributed by atoms with Crippen molar-refractivity contribution in [3.05, 3.63) is 35.6 Å². The van der Waals surface area contributed by atoms with Gasteiger partial charge in [0.2, 0.25) is 5.91 Å². The topological polar surface area (TPSA) is 58.2 Å². The van der Waals surface area contributed by atoms with E-state index < -0.39 is 11.7 Å². The molecule has 2 N–H and O–H groups in total. The van der Waals surface area contributed by atoms with Gasteiger partial charge in [0.15, 0.2) is 0 Å². The van der Waals surface area contributed by atoms with Crippen LogP contribution >= 0.6 is 0 Å². The van der Waals surface area contributed by atoms with Crippen LogP contribution in [0, 0.1) is 11.7 Å². The molecule has 1 atom stereocenters. The number of halogens is 1. The van der Waals surface area contributed by atoms with Gasteiger partial charge < -0.3 is 10.6 Å². The third-order valence-electron chi connectivity index (χ3n) is 2.90. The van der Waals surface area contributed by atoms with E-state index in [0.29, 0.717) is 11.5 Å². The minimum absolute atomic E-state index is 0.0511. The van der Waals surface area contributed by atoms with Gasteiger partial charge in [-0.2, -0.15) is 0 Å². The first-order valence-electron chi connectivity index (χ1n) is 6.23. The summed E-state index contributed by atoms with van der Waals surface area (Å²) in [6.07, 6.45) is 0. The molecule has 0 radical (unpaired) electrons. The van der Waals surface area contributed by atoms with Crippen molar-refractivity contribution in [1.82, 2.24) is 10.6 Å². The standard InChI is InChI=1S/C14H19FN2O2/c1-9(2)10(3)17-13(18)8-16-14(19)11-4-6-12(15)7-5-11/h4-7,9-10H,8H2,1-3H3,(H,16,19)(H,17,18). The van der Waals surface area contributed by atoms with Crippen molar-refractivity contribution in [2.45, 2.75) is 26.8 Å². The monoisotopic (exact) mass is 266 g/mol. The number of rotatable bonds is 5. The Morgan fingerprint density at radius 2 is 1.74 bits per heavy atom. The second kappa shape index (κ2) is 6.87. The van der Waals surface area contributed by atoms with Crippen molar-refractivity contribution in [2.24, 2.45) is 5.92 Å². The lowest BCUT2D eigenvalue weighted by molar-refractivity contribution is -0.121. The molecule has 0 saturated carbocycles. The molecule has 4 nitrogen and oxygen atoms in total. The van der Waals surface area contributed by atoms with Crippen molar-refractivity contribution >= 4 is 11.8 Å². The van der Waals surface area contributed by atoms with Gasteiger partial charge in [0.1, 0.15) is 5.82 Å². The van der Waals surface area contributed by atoms with Gasteiger partial charge in [-0.25, -0.2) is 4.39 Å². The van der Waals surface area contributed by atoms with E-state index in [0.717, 1.165) is 0 Å². The number of benzene rings is 1. The minimum atomic E-state index is -0.403. The van der Waals surface area contributed by atoms with E-state index in [4.69, 9.17) is 0 Å². The molecule has 1 aromatic rings. The molecule has 0 aliphatic carbocycles. The Labute approximate surface area is 112 Å². The van der Waals surface area contributed by atoms with E-state index in [1.54, 1.807) is 0 Å². The average Bonchev–Trinajstić information content (AvgIpc) is 2.36. The lowest BCUT2D eigenvalue weighted by atomic mass is 10.1. The third kappa shape index (κ3) is 5.07. The van der Waals surface area contributed by atoms with Crippen LogP contribution in [0.4, 0.5) is 4.39 Å². The van der Waals surface area contributed by atoms with Crippen molar-refractivity contribution in [1.29, 1.82) is 0 Å². The Morgan fingerprint density at radius 1 is 1.16 bits per heavy atom. The van der Waals surface area contributed by atoms with Gasteiger partial charge in [0.25, 0.3) is 5.91 Å². The van der Waals surface area contributed by atoms with Crippen LogP contribution in [0.15, 0.2) is 24.3 Å². The summed E-state index contributed by atoms with van der Waals surface area (Å²) in [7, 11) is 0. The molecule has 0 saturated heterocycles. The Morgan fingerprint density at radius 3 is 2.26 bits per heavy atom. The minimum Gasteiger partial charge on any atom is -0.352 e. The molecule has 1 aromatic carbocycles. The van der Waals surface area contributed by atoms with E-state index in [-0.39, 0.29) is 18.5 Å². The molecule has 0 aliphatic rings. The fourth-order valence-electron chi connectivity index (χ4n) is 1.34. The molecule has 2 amide bonds. The molecule has 0 bridgehead atoms. The van der Waals surface area contributed by atoms with Gasteiger partial charge in [-0.05, 0) is 37.1 Å². The van der Waals surface area contributed by atoms with Gasteiger partial charge >= 0.3 is 0 Å². The predicted octanol–water partition coefficient (Wildman–Crippen LogP) is 1.72. The zero-order chi connectivity index (χ0) is 14.4. The maximum atomic E-state index is 12.7. The molecule has 0 aliphatic heterocycles. The van der Waals surface area contributed by atoms with Crippen LogP contribution in [-0.4, -0.2) is 24.4 Å². The lowest BCUT2D eigenvalue weighted by Crippen LogP contribution is -2.42. The summed E-state index contributed by atoms with van der Waals surface area (Å²) >= 11 is 0. The number of amides is 2. The fourth-order valence-corrected chi connectivity index (χ4v) is 1.34. The molecular formula is C14H19FN2O2. The third-order valence-corrected chi connectivity index (χ3v) is 2.90. The summed E-state index contributed by atoms with van der Waals surface area (Å²) in [6, 6.07) is 5.21. The second-order valence-electron chi connectivity index (χ2n) is 4.79. The SMILES string of the molecule is CC(C)C(C)NC(=O)CNC(=O)c1ccc(F)cc1. The van der Waals surface area contributed by atoms with Crippen LogP contribution in [0.1, 0.15) is 31.1 Å². The molecule has 0 heterocycles. The molecule has 1 rings (SSSR count). The van der Waals surface area contributed by atoms with E-state index in [9.17, 15) is 14.0 Å². The Bertz CT molecular complexity index is 443. The lowest BCUT2D eigenvalue weighted by Gasteiger charge is -2.17. The van der Waals surface area contributed by atoms with E-state index in [2.05, 4.69) is 10.6 Å². The van der Waals surface area contributed by atoms with Crippen molar-refractivity contribution in [2.75, 3.05) is 6.54 Å². The molecule has 0 aromatic heterocycles. The summed E-state index contributed by atoms with van der Waals surface area (Å²) in [6.45, 7) is 5.82. The number of hydrogen-bond acceptors (Lipinski definition) is 2. The van der Waals surface area contributed by atoms with E-state index in [1.165, 1.54) is 24.3 Å². The molecule has 104 valence electrons. The smallest absolute Gasteiger partial charge is 0.251 e. The first-order chi connectivity index (χ1) is 8.90. The fraction of sp³-hybridized carbons (Fsp3) is 0.429. The van der Waals surface area contributed by atoms with Crippen LogP contribution in [0.2, 0.25) is 0 Å². The quantitative estimate of drug-likeness (QED) is 0.852. The van der Waals surface area contributed by atoms with Gasteiger partial charge in [0.05, 0.1) is 6.54 Å². The highest BCUT2D eigenvalue weighted by Gasteiger charge is 2.12. The van der Waals surface area contributed by atoms with Gasteiger partial charge in [-0.1, -0.05) is 13.8 Å². The Kier molecular flexibility index (Phi) is 5.48. The van der Waals surface area contributed by atoms with Crippen LogP contribution in [0.25, 0.3) is 0 Å². The number of carbonyl (C=O) groups excluding carboxylic acids is 2. The summed E-state index contributed by atoms with van der Waals surface area (Å²) in [5, 5.41) is 5.27. The van der Waals surface area contributed by atoms with Crippen LogP contribution in [-0.2, 0) is 4.79 Å². The zero-order valence-electron chi connectivity index (χ0n) is 11.4. The molecule has 1 unspecified atom stereocenters. The number of nitrogens with one attached hydrogen (secondary N) is 2. The first kappa shape index (κ1) is 15.1. The maximum absolute atomic E-state index is 12.7. The molecule has 0 spiro atoms. The van der Waals surface area contributed by atoms with Gasteiger partial charge in [-0.3, -0.25) is 9.59 Å². The largest absolute Gasteiger partial charge is 0.352 e. The zero-order valence-corrected chi connectivity index (χ0v) is 11.4. The van der Waals surface area contributed by atoms with Gasteiger partial charge in [-0.15, -0.1) is 0 Å². The number of hydrogen-bond donors (Lipinski definition) is 2. The second-order valence-corrected chi connectivity index (χ2v) is 4.79. The van der Waals surface area contributed by atoms with Crippen molar-refractivity contribution in [3.8, 4) is 0 Å². The summed E-state index contributed by atoms with van der Waals surface area (Å²) in [4.78, 5) is 23.2. The first-order valence-corrected chi connectivity index (χ1v) is 6.23. The van der Waals surface area contributed by atoms with E-state index >= 15 is 0 Å². The average molecular weight is 266 g/mol. The highest BCUT2D eigenvalue weighted by Crippen LogP contribution is 2.02. The maximum Gasteiger partial charge on any atom is 0.251 e. The summed E-state index contributed by atoms with van der Waals surface area (Å²) in [5.41, 5.74) is 0.325. The molecular weight excluding hydrogens is 247 g/mol. The summed E-state index contributed by atoms with van der Waals surface area (Å²) in [5.74, 6) is -0.708. The molecule has 5 heteroatoms. The van der Waals surface area contributed by atoms with Crippen molar-refractivity contribution in [3.63, 3.8) is 0 Å². The van der Waals surface area contributed by atoms with Crippen LogP contribution < -0.4 is 10.6 Å². The highest BCUT2D eigenvalue weighted by atomic mass is 19.1. The van der Waals surface area contributed by atoms with Gasteiger partial charge in [0, 0.05) is 11.6 Å². The molecule has 19 heavy (non-hydrogen) atoms. The Balaban J connectivity index is 2.42. The highest BCUT2D eigenvalue weighted by molar-refractivity contribution is 5.96. The predicted molar refractivity (Wildman–Crippen MR) is 71.2 cm³/mol.